The van der Waals surface area contributed by atoms with Crippen molar-refractivity contribution in [1.82, 2.24) is 14.3 Å². The summed E-state index contributed by atoms with van der Waals surface area (Å²) in [4.78, 5) is 11.3. The molecule has 0 aliphatic heterocycles. The summed E-state index contributed by atoms with van der Waals surface area (Å²) in [7, 11) is 5.57. The smallest absolute Gasteiger partial charge is 0.238 e. The quantitative estimate of drug-likeness (QED) is 0.894. The molecule has 6 heteroatoms. The number of nitrogens with one attached hydrogen (secondary N) is 1. The van der Waals surface area contributed by atoms with Crippen molar-refractivity contribution in [3.8, 4) is 5.88 Å². The minimum Gasteiger partial charge on any atom is -0.470 e. The van der Waals surface area contributed by atoms with E-state index in [1.54, 1.807) is 16.9 Å². The van der Waals surface area contributed by atoms with E-state index in [4.69, 9.17) is 4.74 Å². The Bertz CT molecular complexity index is 643. The fraction of sp³-hybridized carbons (Fsp3) is 0.385. The Balaban J connectivity index is 2.19. The topological polar surface area (TPSA) is 61.1 Å². The molecule has 0 saturated carbocycles. The van der Waals surface area contributed by atoms with Crippen LogP contribution in [0, 0.1) is 6.92 Å². The third kappa shape index (κ3) is 2.62. The first-order chi connectivity index (χ1) is 9.02. The van der Waals surface area contributed by atoms with Gasteiger partial charge in [0.25, 0.3) is 0 Å². The third-order valence-electron chi connectivity index (χ3n) is 3.06. The summed E-state index contributed by atoms with van der Waals surface area (Å²) >= 11 is 0. The molecule has 0 radical (unpaired) electrons. The van der Waals surface area contributed by atoms with E-state index >= 15 is 0 Å². The third-order valence-corrected chi connectivity index (χ3v) is 3.06. The second-order valence-electron chi connectivity index (χ2n) is 4.41. The minimum absolute atomic E-state index is 0.0228. The van der Waals surface area contributed by atoms with E-state index in [9.17, 15) is 4.79 Å². The largest absolute Gasteiger partial charge is 0.470 e. The molecule has 2 aromatic heterocycles. The zero-order chi connectivity index (χ0) is 14.0. The van der Waals surface area contributed by atoms with Gasteiger partial charge in [-0.2, -0.15) is 0 Å². The number of aryl methyl sites for hydroxylation is 2. The van der Waals surface area contributed by atoms with Crippen molar-refractivity contribution in [3.63, 3.8) is 0 Å². The molecule has 0 aliphatic carbocycles. The van der Waals surface area contributed by atoms with Crippen LogP contribution in [-0.4, -0.2) is 21.4 Å². The fourth-order valence-electron chi connectivity index (χ4n) is 1.97. The number of nitrogens with zero attached hydrogens (tertiary/aromatic N) is 3. The molecule has 0 unspecified atom stereocenters. The monoisotopic (exact) mass is 262 g/mol. The van der Waals surface area contributed by atoms with E-state index < -0.39 is 0 Å². The van der Waals surface area contributed by atoms with Gasteiger partial charge in [-0.3, -0.25) is 4.79 Å². The van der Waals surface area contributed by atoms with E-state index in [1.807, 2.05) is 32.6 Å². The highest BCUT2D eigenvalue weighted by molar-refractivity contribution is 5.49. The highest BCUT2D eigenvalue weighted by Gasteiger charge is 2.12. The van der Waals surface area contributed by atoms with Crippen molar-refractivity contribution in [2.45, 2.75) is 13.5 Å². The van der Waals surface area contributed by atoms with Crippen LogP contribution in [-0.2, 0) is 20.7 Å². The molecule has 19 heavy (non-hydrogen) atoms. The summed E-state index contributed by atoms with van der Waals surface area (Å²) in [5.41, 5.74) is 1.74. The average molecular weight is 262 g/mol. The number of hydrogen-bond acceptors (Lipinski definition) is 4. The molecule has 2 aromatic rings. The van der Waals surface area contributed by atoms with Gasteiger partial charge in [-0.25, -0.2) is 4.68 Å². The van der Waals surface area contributed by atoms with Gasteiger partial charge < -0.3 is 14.6 Å². The van der Waals surface area contributed by atoms with Crippen LogP contribution in [0.1, 0.15) is 11.3 Å². The van der Waals surface area contributed by atoms with Crippen LogP contribution in [0.2, 0.25) is 0 Å². The van der Waals surface area contributed by atoms with Gasteiger partial charge in [0.05, 0.1) is 11.3 Å². The van der Waals surface area contributed by atoms with Gasteiger partial charge in [-0.15, -0.1) is 5.10 Å². The molecule has 0 bridgehead atoms. The summed E-state index contributed by atoms with van der Waals surface area (Å²) in [6, 6.07) is 3.09. The molecule has 0 amide bonds. The van der Waals surface area contributed by atoms with E-state index in [-0.39, 0.29) is 5.43 Å². The maximum Gasteiger partial charge on any atom is 0.238 e. The number of ether oxygens (including phenoxy) is 1. The zero-order valence-electron chi connectivity index (χ0n) is 11.6. The van der Waals surface area contributed by atoms with Crippen LogP contribution < -0.4 is 15.5 Å². The Morgan fingerprint density at radius 1 is 1.42 bits per heavy atom. The molecule has 0 saturated heterocycles. The fourth-order valence-corrected chi connectivity index (χ4v) is 1.97. The van der Waals surface area contributed by atoms with Gasteiger partial charge in [0.2, 0.25) is 5.88 Å². The summed E-state index contributed by atoms with van der Waals surface area (Å²) in [5, 5.41) is 7.36. The maximum absolute atomic E-state index is 11.3. The van der Waals surface area contributed by atoms with E-state index in [2.05, 4.69) is 10.4 Å². The molecule has 1 N–H and O–H groups in total. The van der Waals surface area contributed by atoms with Crippen molar-refractivity contribution in [1.29, 1.82) is 0 Å². The van der Waals surface area contributed by atoms with Crippen LogP contribution in [0.4, 0.5) is 5.82 Å². The van der Waals surface area contributed by atoms with Crippen LogP contribution in [0.25, 0.3) is 0 Å². The van der Waals surface area contributed by atoms with Crippen molar-refractivity contribution in [3.05, 3.63) is 39.8 Å². The van der Waals surface area contributed by atoms with Crippen LogP contribution >= 0.6 is 0 Å². The van der Waals surface area contributed by atoms with Crippen LogP contribution in [0.5, 0.6) is 5.88 Å². The molecule has 0 aromatic carbocycles. The van der Waals surface area contributed by atoms with E-state index in [1.165, 1.54) is 6.07 Å². The standard InChI is InChI=1S/C13H18N4O2/c1-9-12(14-2)17(4)15-13(9)19-8-10-7-11(18)5-6-16(10)3/h5-7,14H,8H2,1-4H3. The summed E-state index contributed by atoms with van der Waals surface area (Å²) in [6.45, 7) is 2.26. The zero-order valence-corrected chi connectivity index (χ0v) is 11.6. The van der Waals surface area contributed by atoms with Crippen molar-refractivity contribution >= 4 is 5.82 Å². The number of hydrogen-bond donors (Lipinski definition) is 1. The summed E-state index contributed by atoms with van der Waals surface area (Å²) in [6.07, 6.45) is 1.73. The van der Waals surface area contributed by atoms with Gasteiger partial charge >= 0.3 is 0 Å². The van der Waals surface area contributed by atoms with Gasteiger partial charge in [-0.05, 0) is 6.92 Å². The lowest BCUT2D eigenvalue weighted by Crippen LogP contribution is -2.11. The van der Waals surface area contributed by atoms with Gasteiger partial charge in [0.1, 0.15) is 12.4 Å². The molecule has 6 nitrogen and oxygen atoms in total. The number of pyridine rings is 1. The SMILES string of the molecule is CNc1c(C)c(OCc2cc(=O)ccn2C)nn1C. The Morgan fingerprint density at radius 3 is 2.79 bits per heavy atom. The second kappa shape index (κ2) is 5.17. The summed E-state index contributed by atoms with van der Waals surface area (Å²) < 4.78 is 9.28. The lowest BCUT2D eigenvalue weighted by atomic mass is 10.3. The lowest BCUT2D eigenvalue weighted by molar-refractivity contribution is 0.279. The molecule has 0 aliphatic rings. The summed E-state index contributed by atoms with van der Waals surface area (Å²) in [5.74, 6) is 1.49. The molecule has 0 atom stereocenters. The molecule has 102 valence electrons. The Hall–Kier alpha value is -2.24. The predicted octanol–water partition coefficient (Wildman–Crippen LogP) is 1.05. The van der Waals surface area contributed by atoms with E-state index in [0.717, 1.165) is 17.1 Å². The first-order valence-electron chi connectivity index (χ1n) is 6.02. The molecule has 0 fully saturated rings. The Morgan fingerprint density at radius 2 is 2.16 bits per heavy atom. The normalized spacial score (nSPS) is 10.5. The van der Waals surface area contributed by atoms with Crippen molar-refractivity contribution in [2.75, 3.05) is 12.4 Å². The Kier molecular flexibility index (Phi) is 3.59. The average Bonchev–Trinajstić information content (AvgIpc) is 2.65. The molecular weight excluding hydrogens is 244 g/mol. The predicted molar refractivity (Wildman–Crippen MR) is 73.5 cm³/mol. The molecular formula is C13H18N4O2. The Labute approximate surface area is 111 Å². The molecule has 2 rings (SSSR count). The number of rotatable bonds is 4. The number of aromatic nitrogens is 3. The maximum atomic E-state index is 11.3. The lowest BCUT2D eigenvalue weighted by Gasteiger charge is -2.08. The first-order valence-corrected chi connectivity index (χ1v) is 6.02. The van der Waals surface area contributed by atoms with Gasteiger partial charge in [0, 0.05) is 39.5 Å². The van der Waals surface area contributed by atoms with Crippen LogP contribution in [0.15, 0.2) is 23.1 Å². The van der Waals surface area contributed by atoms with Crippen molar-refractivity contribution in [2.24, 2.45) is 14.1 Å². The van der Waals surface area contributed by atoms with Crippen molar-refractivity contribution < 1.29 is 4.74 Å². The van der Waals surface area contributed by atoms with Gasteiger partial charge in [0.15, 0.2) is 5.43 Å². The minimum atomic E-state index is -0.0228. The highest BCUT2D eigenvalue weighted by Crippen LogP contribution is 2.24. The van der Waals surface area contributed by atoms with E-state index in [0.29, 0.717) is 12.5 Å². The number of anilines is 1. The molecule has 2 heterocycles. The highest BCUT2D eigenvalue weighted by atomic mass is 16.5. The van der Waals surface area contributed by atoms with Gasteiger partial charge in [-0.1, -0.05) is 0 Å². The second-order valence-corrected chi connectivity index (χ2v) is 4.41. The molecule has 0 spiro atoms. The first kappa shape index (κ1) is 13.2. The van der Waals surface area contributed by atoms with Crippen LogP contribution in [0.3, 0.4) is 0 Å².